The second-order valence-corrected chi connectivity index (χ2v) is 5.34. The Labute approximate surface area is 101 Å². The Morgan fingerprint density at radius 1 is 1.44 bits per heavy atom. The number of hydrogen-bond acceptors (Lipinski definition) is 4. The molecule has 2 heterocycles. The van der Waals surface area contributed by atoms with Crippen molar-refractivity contribution in [2.45, 2.75) is 12.8 Å². The first-order valence-electron chi connectivity index (χ1n) is 5.84. The van der Waals surface area contributed by atoms with Crippen LogP contribution in [0.1, 0.15) is 12.8 Å². The van der Waals surface area contributed by atoms with Crippen LogP contribution in [0.5, 0.6) is 0 Å². The number of pyridine rings is 1. The molecule has 4 heteroatoms. The van der Waals surface area contributed by atoms with Crippen LogP contribution in [0, 0.1) is 5.92 Å². The van der Waals surface area contributed by atoms with E-state index in [-0.39, 0.29) is 0 Å². The average molecular weight is 237 g/mol. The van der Waals surface area contributed by atoms with Gasteiger partial charge in [0, 0.05) is 31.5 Å². The first-order valence-corrected chi connectivity index (χ1v) is 6.99. The maximum absolute atomic E-state index is 4.20. The Morgan fingerprint density at radius 3 is 3.00 bits per heavy atom. The van der Waals surface area contributed by atoms with Crippen molar-refractivity contribution in [2.24, 2.45) is 5.92 Å². The van der Waals surface area contributed by atoms with E-state index in [0.29, 0.717) is 0 Å². The van der Waals surface area contributed by atoms with Crippen LogP contribution in [0.15, 0.2) is 18.3 Å². The van der Waals surface area contributed by atoms with Gasteiger partial charge >= 0.3 is 0 Å². The molecule has 0 atom stereocenters. The number of rotatable bonds is 4. The Balaban J connectivity index is 1.83. The standard InChI is InChI=1S/C12H19N3S/c1-13-12-8-11(2-5-14-12)15-9-10-3-6-16-7-4-10/h2,5,8,10H,3-4,6-7,9H2,1H3,(H2,13,14,15). The number of anilines is 2. The molecule has 2 rings (SSSR count). The third-order valence-corrected chi connectivity index (χ3v) is 4.00. The molecule has 3 nitrogen and oxygen atoms in total. The molecule has 0 saturated carbocycles. The fourth-order valence-electron chi connectivity index (χ4n) is 1.89. The van der Waals surface area contributed by atoms with Crippen molar-refractivity contribution in [3.05, 3.63) is 18.3 Å². The van der Waals surface area contributed by atoms with Gasteiger partial charge in [-0.25, -0.2) is 4.98 Å². The van der Waals surface area contributed by atoms with Gasteiger partial charge in [-0.3, -0.25) is 0 Å². The fourth-order valence-corrected chi connectivity index (χ4v) is 3.09. The molecule has 2 N–H and O–H groups in total. The Morgan fingerprint density at radius 2 is 2.25 bits per heavy atom. The van der Waals surface area contributed by atoms with Crippen LogP contribution in [0.3, 0.4) is 0 Å². The maximum Gasteiger partial charge on any atom is 0.127 e. The molecule has 1 saturated heterocycles. The first kappa shape index (κ1) is 11.6. The van der Waals surface area contributed by atoms with Gasteiger partial charge in [0.05, 0.1) is 0 Å². The highest BCUT2D eigenvalue weighted by molar-refractivity contribution is 7.99. The predicted octanol–water partition coefficient (Wildman–Crippen LogP) is 2.68. The number of nitrogens with one attached hydrogen (secondary N) is 2. The summed E-state index contributed by atoms with van der Waals surface area (Å²) >= 11 is 2.08. The lowest BCUT2D eigenvalue weighted by Gasteiger charge is -2.22. The van der Waals surface area contributed by atoms with Crippen LogP contribution < -0.4 is 10.6 Å². The minimum absolute atomic E-state index is 0.840. The van der Waals surface area contributed by atoms with Gasteiger partial charge < -0.3 is 10.6 Å². The topological polar surface area (TPSA) is 37.0 Å². The molecule has 1 aliphatic rings. The van der Waals surface area contributed by atoms with Crippen molar-refractivity contribution in [1.82, 2.24) is 4.98 Å². The van der Waals surface area contributed by atoms with Crippen molar-refractivity contribution in [3.63, 3.8) is 0 Å². The van der Waals surface area contributed by atoms with E-state index < -0.39 is 0 Å². The van der Waals surface area contributed by atoms with E-state index >= 15 is 0 Å². The minimum Gasteiger partial charge on any atom is -0.385 e. The van der Waals surface area contributed by atoms with Gasteiger partial charge in [-0.1, -0.05) is 0 Å². The molecule has 0 unspecified atom stereocenters. The number of nitrogens with zero attached hydrogens (tertiary/aromatic N) is 1. The lowest BCUT2D eigenvalue weighted by Crippen LogP contribution is -2.19. The van der Waals surface area contributed by atoms with Crippen LogP contribution in [-0.4, -0.2) is 30.1 Å². The summed E-state index contributed by atoms with van der Waals surface area (Å²) in [4.78, 5) is 4.20. The highest BCUT2D eigenvalue weighted by Gasteiger charge is 2.12. The summed E-state index contributed by atoms with van der Waals surface area (Å²) in [5, 5.41) is 6.55. The molecule has 16 heavy (non-hydrogen) atoms. The average Bonchev–Trinajstić information content (AvgIpc) is 2.38. The lowest BCUT2D eigenvalue weighted by molar-refractivity contribution is 0.516. The van der Waals surface area contributed by atoms with E-state index in [1.54, 1.807) is 0 Å². The van der Waals surface area contributed by atoms with Gasteiger partial charge in [-0.2, -0.15) is 11.8 Å². The third kappa shape index (κ3) is 3.30. The summed E-state index contributed by atoms with van der Waals surface area (Å²) in [6, 6.07) is 4.08. The zero-order chi connectivity index (χ0) is 11.2. The van der Waals surface area contributed by atoms with Crippen molar-refractivity contribution < 1.29 is 0 Å². The van der Waals surface area contributed by atoms with Crippen molar-refractivity contribution in [2.75, 3.05) is 35.7 Å². The molecule has 1 aromatic rings. The van der Waals surface area contributed by atoms with Gasteiger partial charge in [-0.15, -0.1) is 0 Å². The summed E-state index contributed by atoms with van der Waals surface area (Å²) < 4.78 is 0. The van der Waals surface area contributed by atoms with E-state index in [2.05, 4.69) is 33.4 Å². The Hall–Kier alpha value is -0.900. The normalized spacial score (nSPS) is 17.1. The number of hydrogen-bond donors (Lipinski definition) is 2. The Kier molecular flexibility index (Phi) is 4.34. The number of thioether (sulfide) groups is 1. The molecule has 0 radical (unpaired) electrons. The van der Waals surface area contributed by atoms with Crippen LogP contribution in [0.2, 0.25) is 0 Å². The summed E-state index contributed by atoms with van der Waals surface area (Å²) in [5.74, 6) is 4.41. The molecular formula is C12H19N3S. The molecule has 0 aromatic carbocycles. The summed E-state index contributed by atoms with van der Waals surface area (Å²) in [7, 11) is 1.89. The molecule has 0 spiro atoms. The van der Waals surface area contributed by atoms with E-state index in [1.165, 1.54) is 24.3 Å². The highest BCUT2D eigenvalue weighted by Crippen LogP contribution is 2.23. The summed E-state index contributed by atoms with van der Waals surface area (Å²) in [5.41, 5.74) is 1.16. The minimum atomic E-state index is 0.840. The quantitative estimate of drug-likeness (QED) is 0.844. The van der Waals surface area contributed by atoms with Crippen molar-refractivity contribution >= 4 is 23.3 Å². The second-order valence-electron chi connectivity index (χ2n) is 4.12. The van der Waals surface area contributed by atoms with Crippen LogP contribution in [0.25, 0.3) is 0 Å². The maximum atomic E-state index is 4.20. The van der Waals surface area contributed by atoms with Crippen molar-refractivity contribution in [1.29, 1.82) is 0 Å². The molecule has 1 aromatic heterocycles. The Bertz CT molecular complexity index is 324. The molecule has 0 bridgehead atoms. The molecule has 0 amide bonds. The van der Waals surface area contributed by atoms with Crippen LogP contribution in [-0.2, 0) is 0 Å². The molecule has 0 aliphatic carbocycles. The SMILES string of the molecule is CNc1cc(NCC2CCSCC2)ccn1. The van der Waals surface area contributed by atoms with Crippen LogP contribution in [0.4, 0.5) is 11.5 Å². The zero-order valence-electron chi connectivity index (χ0n) is 9.70. The van der Waals surface area contributed by atoms with Gasteiger partial charge in [0.1, 0.15) is 5.82 Å². The molecule has 1 fully saturated rings. The van der Waals surface area contributed by atoms with E-state index in [4.69, 9.17) is 0 Å². The first-order chi connectivity index (χ1) is 7.88. The molecular weight excluding hydrogens is 218 g/mol. The third-order valence-electron chi connectivity index (χ3n) is 2.95. The number of aromatic nitrogens is 1. The van der Waals surface area contributed by atoms with Gasteiger partial charge in [0.15, 0.2) is 0 Å². The lowest BCUT2D eigenvalue weighted by atomic mass is 10.0. The predicted molar refractivity (Wildman–Crippen MR) is 72.3 cm³/mol. The monoisotopic (exact) mass is 237 g/mol. The summed E-state index contributed by atoms with van der Waals surface area (Å²) in [6.07, 6.45) is 4.54. The second kappa shape index (κ2) is 5.99. The fraction of sp³-hybridized carbons (Fsp3) is 0.583. The van der Waals surface area contributed by atoms with Crippen LogP contribution >= 0.6 is 11.8 Å². The van der Waals surface area contributed by atoms with E-state index in [1.807, 2.05) is 19.3 Å². The van der Waals surface area contributed by atoms with E-state index in [0.717, 1.165) is 24.0 Å². The highest BCUT2D eigenvalue weighted by atomic mass is 32.2. The van der Waals surface area contributed by atoms with Gasteiger partial charge in [0.25, 0.3) is 0 Å². The zero-order valence-corrected chi connectivity index (χ0v) is 10.5. The molecule has 88 valence electrons. The van der Waals surface area contributed by atoms with Gasteiger partial charge in [0.2, 0.25) is 0 Å². The largest absolute Gasteiger partial charge is 0.385 e. The molecule has 1 aliphatic heterocycles. The van der Waals surface area contributed by atoms with Crippen molar-refractivity contribution in [3.8, 4) is 0 Å². The summed E-state index contributed by atoms with van der Waals surface area (Å²) in [6.45, 7) is 1.09. The van der Waals surface area contributed by atoms with E-state index in [9.17, 15) is 0 Å². The smallest absolute Gasteiger partial charge is 0.127 e. The van der Waals surface area contributed by atoms with Gasteiger partial charge in [-0.05, 0) is 36.3 Å².